The van der Waals surface area contributed by atoms with Crippen LogP contribution in [0.3, 0.4) is 0 Å². The molecular weight excluding hydrogens is 356 g/mol. The number of aryl methyl sites for hydroxylation is 1. The van der Waals surface area contributed by atoms with Crippen molar-refractivity contribution in [3.8, 4) is 0 Å². The standard InChI is InChI=1S/C17H16N4O4S/c1-10-3-4-12(9-15(10)21(24)25)16(23)19-13-5-7-14(8-6-13)20-17(26)18-11(2)22/h3-9H,1-2H3,(H,19,23)(H2,18,20,22,26). The highest BCUT2D eigenvalue weighted by Gasteiger charge is 2.15. The van der Waals surface area contributed by atoms with Gasteiger partial charge in [0.05, 0.1) is 4.92 Å². The van der Waals surface area contributed by atoms with E-state index in [2.05, 4.69) is 16.0 Å². The van der Waals surface area contributed by atoms with Crippen molar-refractivity contribution in [2.45, 2.75) is 13.8 Å². The maximum Gasteiger partial charge on any atom is 0.273 e. The van der Waals surface area contributed by atoms with Crippen molar-refractivity contribution in [2.24, 2.45) is 0 Å². The second-order valence-corrected chi connectivity index (χ2v) is 5.83. The third kappa shape index (κ3) is 5.08. The van der Waals surface area contributed by atoms with E-state index in [0.717, 1.165) is 0 Å². The van der Waals surface area contributed by atoms with Crippen molar-refractivity contribution in [2.75, 3.05) is 10.6 Å². The number of thiocarbonyl (C=S) groups is 1. The lowest BCUT2D eigenvalue weighted by Gasteiger charge is -2.10. The minimum absolute atomic E-state index is 0.108. The number of benzene rings is 2. The Morgan fingerprint density at radius 3 is 2.15 bits per heavy atom. The summed E-state index contributed by atoms with van der Waals surface area (Å²) in [5.74, 6) is -0.735. The average Bonchev–Trinajstić information content (AvgIpc) is 2.56. The molecule has 0 aromatic heterocycles. The molecule has 0 fully saturated rings. The first-order valence-electron chi connectivity index (χ1n) is 7.51. The fourth-order valence-electron chi connectivity index (χ4n) is 2.11. The van der Waals surface area contributed by atoms with Gasteiger partial charge >= 0.3 is 0 Å². The fraction of sp³-hybridized carbons (Fsp3) is 0.118. The molecule has 0 radical (unpaired) electrons. The Morgan fingerprint density at radius 2 is 1.62 bits per heavy atom. The molecule has 2 amide bonds. The Labute approximate surface area is 154 Å². The van der Waals surface area contributed by atoms with E-state index in [1.165, 1.54) is 25.1 Å². The van der Waals surface area contributed by atoms with Crippen LogP contribution in [0.1, 0.15) is 22.8 Å². The maximum atomic E-state index is 12.3. The van der Waals surface area contributed by atoms with Gasteiger partial charge in [-0.1, -0.05) is 6.07 Å². The van der Waals surface area contributed by atoms with Crippen molar-refractivity contribution in [1.29, 1.82) is 0 Å². The summed E-state index contributed by atoms with van der Waals surface area (Å²) >= 11 is 4.95. The number of rotatable bonds is 4. The maximum absolute atomic E-state index is 12.3. The number of hydrogen-bond donors (Lipinski definition) is 3. The van der Waals surface area contributed by atoms with Gasteiger partial charge in [0.15, 0.2) is 5.11 Å². The highest BCUT2D eigenvalue weighted by molar-refractivity contribution is 7.80. The van der Waals surface area contributed by atoms with Crippen LogP contribution in [0.4, 0.5) is 17.1 Å². The molecular formula is C17H16N4O4S. The molecule has 26 heavy (non-hydrogen) atoms. The van der Waals surface area contributed by atoms with Crippen LogP contribution in [0.25, 0.3) is 0 Å². The zero-order valence-electron chi connectivity index (χ0n) is 14.0. The van der Waals surface area contributed by atoms with Gasteiger partial charge in [0.1, 0.15) is 0 Å². The van der Waals surface area contributed by atoms with Crippen molar-refractivity contribution in [1.82, 2.24) is 5.32 Å². The largest absolute Gasteiger partial charge is 0.332 e. The molecule has 2 aromatic rings. The zero-order valence-corrected chi connectivity index (χ0v) is 14.8. The van der Waals surface area contributed by atoms with Gasteiger partial charge in [-0.3, -0.25) is 19.7 Å². The van der Waals surface area contributed by atoms with Crippen LogP contribution >= 0.6 is 12.2 Å². The Kier molecular flexibility index (Phi) is 5.97. The summed E-state index contributed by atoms with van der Waals surface area (Å²) < 4.78 is 0. The molecule has 0 unspecified atom stereocenters. The predicted molar refractivity (Wildman–Crippen MR) is 102 cm³/mol. The molecule has 0 aliphatic carbocycles. The van der Waals surface area contributed by atoms with E-state index >= 15 is 0 Å². The molecule has 0 aliphatic rings. The number of carbonyl (C=O) groups is 2. The quantitative estimate of drug-likeness (QED) is 0.432. The number of nitrogens with zero attached hydrogens (tertiary/aromatic N) is 1. The highest BCUT2D eigenvalue weighted by atomic mass is 32.1. The first-order chi connectivity index (χ1) is 12.3. The normalized spacial score (nSPS) is 9.92. The molecule has 134 valence electrons. The van der Waals surface area contributed by atoms with E-state index in [1.54, 1.807) is 31.2 Å². The van der Waals surface area contributed by atoms with Crippen LogP contribution in [0.2, 0.25) is 0 Å². The number of nitro benzene ring substituents is 1. The second-order valence-electron chi connectivity index (χ2n) is 5.43. The SMILES string of the molecule is CC(=O)NC(=S)Nc1ccc(NC(=O)c2ccc(C)c([N+](=O)[O-])c2)cc1. The lowest BCUT2D eigenvalue weighted by Crippen LogP contribution is -2.32. The third-order valence-corrected chi connectivity index (χ3v) is 3.56. The van der Waals surface area contributed by atoms with Gasteiger partial charge in [-0.25, -0.2) is 0 Å². The van der Waals surface area contributed by atoms with Gasteiger partial charge in [0.25, 0.3) is 11.6 Å². The van der Waals surface area contributed by atoms with E-state index in [-0.39, 0.29) is 22.3 Å². The summed E-state index contributed by atoms with van der Waals surface area (Å²) in [7, 11) is 0. The molecule has 0 atom stereocenters. The van der Waals surface area contributed by atoms with Crippen LogP contribution in [0, 0.1) is 17.0 Å². The molecule has 2 aromatic carbocycles. The van der Waals surface area contributed by atoms with E-state index in [9.17, 15) is 19.7 Å². The van der Waals surface area contributed by atoms with Gasteiger partial charge in [0, 0.05) is 35.5 Å². The molecule has 0 heterocycles. The summed E-state index contributed by atoms with van der Waals surface area (Å²) in [6, 6.07) is 10.9. The lowest BCUT2D eigenvalue weighted by atomic mass is 10.1. The molecule has 8 nitrogen and oxygen atoms in total. The summed E-state index contributed by atoms with van der Waals surface area (Å²) in [5, 5.41) is 19.1. The molecule has 0 aliphatic heterocycles. The molecule has 0 saturated carbocycles. The number of nitrogens with one attached hydrogen (secondary N) is 3. The molecule has 0 saturated heterocycles. The van der Waals surface area contributed by atoms with Gasteiger partial charge < -0.3 is 16.0 Å². The number of carbonyl (C=O) groups excluding carboxylic acids is 2. The molecule has 3 N–H and O–H groups in total. The Morgan fingerprint density at radius 1 is 1.04 bits per heavy atom. The Balaban J connectivity index is 2.06. The highest BCUT2D eigenvalue weighted by Crippen LogP contribution is 2.20. The zero-order chi connectivity index (χ0) is 19.3. The minimum Gasteiger partial charge on any atom is -0.332 e. The molecule has 2 rings (SSSR count). The van der Waals surface area contributed by atoms with Crippen molar-refractivity contribution in [3.63, 3.8) is 0 Å². The smallest absolute Gasteiger partial charge is 0.273 e. The molecule has 9 heteroatoms. The minimum atomic E-state index is -0.523. The first kappa shape index (κ1) is 19.0. The fourth-order valence-corrected chi connectivity index (χ4v) is 2.37. The van der Waals surface area contributed by atoms with Crippen molar-refractivity contribution in [3.05, 3.63) is 63.7 Å². The van der Waals surface area contributed by atoms with Gasteiger partial charge in [-0.2, -0.15) is 0 Å². The summed E-state index contributed by atoms with van der Waals surface area (Å²) in [5.41, 5.74) is 1.71. The first-order valence-corrected chi connectivity index (χ1v) is 7.92. The van der Waals surface area contributed by atoms with E-state index in [4.69, 9.17) is 12.2 Å². The van der Waals surface area contributed by atoms with Gasteiger partial charge in [-0.05, 0) is 49.5 Å². The third-order valence-electron chi connectivity index (χ3n) is 3.36. The van der Waals surface area contributed by atoms with Crippen molar-refractivity contribution >= 4 is 46.2 Å². The number of amides is 2. The van der Waals surface area contributed by atoms with E-state index in [1.807, 2.05) is 0 Å². The van der Waals surface area contributed by atoms with Crippen molar-refractivity contribution < 1.29 is 14.5 Å². The lowest BCUT2D eigenvalue weighted by molar-refractivity contribution is -0.385. The van der Waals surface area contributed by atoms with Crippen LogP contribution in [-0.4, -0.2) is 21.9 Å². The topological polar surface area (TPSA) is 113 Å². The van der Waals surface area contributed by atoms with Crippen LogP contribution in [-0.2, 0) is 4.79 Å². The van der Waals surface area contributed by atoms with E-state index in [0.29, 0.717) is 16.9 Å². The summed E-state index contributed by atoms with van der Waals surface area (Å²) in [6.45, 7) is 2.96. The molecule has 0 bridgehead atoms. The monoisotopic (exact) mass is 372 g/mol. The number of nitro groups is 1. The van der Waals surface area contributed by atoms with Crippen LogP contribution in [0.15, 0.2) is 42.5 Å². The van der Waals surface area contributed by atoms with Crippen LogP contribution < -0.4 is 16.0 Å². The summed E-state index contributed by atoms with van der Waals surface area (Å²) in [4.78, 5) is 33.6. The summed E-state index contributed by atoms with van der Waals surface area (Å²) in [6.07, 6.45) is 0. The number of anilines is 2. The average molecular weight is 372 g/mol. The molecule has 0 spiro atoms. The number of hydrogen-bond acceptors (Lipinski definition) is 5. The van der Waals surface area contributed by atoms with E-state index < -0.39 is 10.8 Å². The Hall–Kier alpha value is -3.33. The van der Waals surface area contributed by atoms with Gasteiger partial charge in [0.2, 0.25) is 5.91 Å². The predicted octanol–water partition coefficient (Wildman–Crippen LogP) is 2.99. The van der Waals surface area contributed by atoms with Crippen LogP contribution in [0.5, 0.6) is 0 Å². The second kappa shape index (κ2) is 8.17. The van der Waals surface area contributed by atoms with Gasteiger partial charge in [-0.15, -0.1) is 0 Å². The Bertz CT molecular complexity index is 881.